The summed E-state index contributed by atoms with van der Waals surface area (Å²) in [5.41, 5.74) is 4.12. The lowest BCUT2D eigenvalue weighted by molar-refractivity contribution is 0.212. The Balaban J connectivity index is 1.19. The minimum absolute atomic E-state index is 0.0498. The molecule has 1 saturated carbocycles. The van der Waals surface area contributed by atoms with Crippen LogP contribution in [0.3, 0.4) is 0 Å². The van der Waals surface area contributed by atoms with E-state index in [2.05, 4.69) is 25.7 Å². The highest BCUT2D eigenvalue weighted by molar-refractivity contribution is 5.74. The molecule has 0 N–H and O–H groups in total. The molecule has 1 nitrogen and oxygen atoms in total. The summed E-state index contributed by atoms with van der Waals surface area (Å²) in [6.07, 6.45) is 19.1. The normalized spacial score (nSPS) is 20.3. The van der Waals surface area contributed by atoms with E-state index in [-0.39, 0.29) is 17.1 Å². The Kier molecular flexibility index (Phi) is 11.4. The van der Waals surface area contributed by atoms with Crippen molar-refractivity contribution < 1.29 is 17.9 Å². The topological polar surface area (TPSA) is 9.23 Å². The van der Waals surface area contributed by atoms with Crippen LogP contribution in [0, 0.1) is 35.2 Å². The summed E-state index contributed by atoms with van der Waals surface area (Å²) in [4.78, 5) is 0. The first-order valence-electron chi connectivity index (χ1n) is 16.8. The second kappa shape index (κ2) is 15.6. The standard InChI is InChI=1S/C40H47F3O/c1-3-5-6-7-8-9-26-44-38-25-24-36(39(42)40(38)43)33-20-16-31(17-21-33)34-22-23-35(37(41)27-34)32-18-14-30(15-19-32)29-12-10-28(4-2)11-13-29/h4,16-18,20-25,27-30H,2-3,5-15,19,26H2,1H3. The number of halogens is 3. The van der Waals surface area contributed by atoms with E-state index in [1.54, 1.807) is 24.3 Å². The van der Waals surface area contributed by atoms with Gasteiger partial charge in [-0.3, -0.25) is 0 Å². The van der Waals surface area contributed by atoms with Gasteiger partial charge in [0.05, 0.1) is 6.61 Å². The largest absolute Gasteiger partial charge is 0.490 e. The fraction of sp³-hybridized carbons (Fsp3) is 0.450. The summed E-state index contributed by atoms with van der Waals surface area (Å²) in [6.45, 7) is 6.52. The van der Waals surface area contributed by atoms with E-state index in [1.165, 1.54) is 51.0 Å². The SMILES string of the molecule is C=CC1CCC(C2CC=C(c3ccc(-c4ccc(-c5ccc(OCCCCCCCC)c(F)c5F)cc4)cc3F)CC2)CC1. The lowest BCUT2D eigenvalue weighted by Crippen LogP contribution is -2.22. The van der Waals surface area contributed by atoms with Crippen LogP contribution in [0.15, 0.2) is 73.3 Å². The van der Waals surface area contributed by atoms with E-state index in [1.807, 2.05) is 24.3 Å². The molecule has 0 aromatic heterocycles. The molecular weight excluding hydrogens is 553 g/mol. The molecule has 2 aliphatic carbocycles. The third-order valence-corrected chi connectivity index (χ3v) is 9.91. The monoisotopic (exact) mass is 600 g/mol. The van der Waals surface area contributed by atoms with Gasteiger partial charge in [-0.2, -0.15) is 4.39 Å². The van der Waals surface area contributed by atoms with E-state index >= 15 is 8.78 Å². The lowest BCUT2D eigenvalue weighted by Gasteiger charge is -2.34. The van der Waals surface area contributed by atoms with Gasteiger partial charge in [0, 0.05) is 11.1 Å². The molecule has 1 fully saturated rings. The van der Waals surface area contributed by atoms with Crippen molar-refractivity contribution in [1.82, 2.24) is 0 Å². The minimum atomic E-state index is -0.960. The second-order valence-electron chi connectivity index (χ2n) is 12.8. The van der Waals surface area contributed by atoms with Crippen LogP contribution < -0.4 is 4.74 Å². The fourth-order valence-electron chi connectivity index (χ4n) is 7.11. The minimum Gasteiger partial charge on any atom is -0.490 e. The summed E-state index contributed by atoms with van der Waals surface area (Å²) in [5, 5.41) is 0. The number of rotatable bonds is 13. The molecule has 2 aliphatic rings. The molecule has 0 amide bonds. The maximum atomic E-state index is 15.4. The maximum Gasteiger partial charge on any atom is 0.201 e. The number of allylic oxidation sites excluding steroid dienone is 3. The van der Waals surface area contributed by atoms with Crippen molar-refractivity contribution >= 4 is 5.57 Å². The summed E-state index contributed by atoms with van der Waals surface area (Å²) in [6, 6.07) is 15.7. The van der Waals surface area contributed by atoms with Crippen molar-refractivity contribution in [2.75, 3.05) is 6.61 Å². The van der Waals surface area contributed by atoms with Gasteiger partial charge in [-0.25, -0.2) is 8.78 Å². The average Bonchev–Trinajstić information content (AvgIpc) is 3.06. The van der Waals surface area contributed by atoms with E-state index < -0.39 is 11.6 Å². The van der Waals surface area contributed by atoms with Gasteiger partial charge in [0.15, 0.2) is 11.6 Å². The molecule has 3 aromatic rings. The zero-order valence-corrected chi connectivity index (χ0v) is 26.2. The predicted octanol–water partition coefficient (Wildman–Crippen LogP) is 12.4. The molecule has 0 aliphatic heterocycles. The van der Waals surface area contributed by atoms with Gasteiger partial charge in [-0.1, -0.05) is 87.6 Å². The van der Waals surface area contributed by atoms with Crippen LogP contribution in [-0.2, 0) is 0 Å². The molecule has 5 rings (SSSR count). The predicted molar refractivity (Wildman–Crippen MR) is 177 cm³/mol. The number of hydrogen-bond donors (Lipinski definition) is 0. The first-order chi connectivity index (χ1) is 21.5. The third kappa shape index (κ3) is 7.86. The molecule has 234 valence electrons. The Morgan fingerprint density at radius 3 is 2.09 bits per heavy atom. The first kappa shape index (κ1) is 32.1. The van der Waals surface area contributed by atoms with Crippen LogP contribution in [0.4, 0.5) is 13.2 Å². The van der Waals surface area contributed by atoms with E-state index in [4.69, 9.17) is 4.74 Å². The highest BCUT2D eigenvalue weighted by Gasteiger charge is 2.28. The molecule has 3 aromatic carbocycles. The van der Waals surface area contributed by atoms with E-state index in [0.717, 1.165) is 61.1 Å². The molecular formula is C40H47F3O. The molecule has 0 heterocycles. The zero-order valence-electron chi connectivity index (χ0n) is 26.2. The quantitative estimate of drug-likeness (QED) is 0.140. The molecule has 44 heavy (non-hydrogen) atoms. The van der Waals surface area contributed by atoms with Crippen molar-refractivity contribution in [2.24, 2.45) is 17.8 Å². The highest BCUT2D eigenvalue weighted by Crippen LogP contribution is 2.42. The van der Waals surface area contributed by atoms with E-state index in [0.29, 0.717) is 29.6 Å². The Hall–Kier alpha value is -3.27. The lowest BCUT2D eigenvalue weighted by atomic mass is 9.71. The zero-order chi connectivity index (χ0) is 30.9. The van der Waals surface area contributed by atoms with Crippen LogP contribution in [0.5, 0.6) is 5.75 Å². The van der Waals surface area contributed by atoms with Crippen molar-refractivity contribution in [3.63, 3.8) is 0 Å². The summed E-state index contributed by atoms with van der Waals surface area (Å²) in [5.74, 6) is 0.0288. The van der Waals surface area contributed by atoms with Crippen molar-refractivity contribution in [2.45, 2.75) is 90.4 Å². The highest BCUT2D eigenvalue weighted by atomic mass is 19.2. The van der Waals surface area contributed by atoms with Gasteiger partial charge in [-0.05, 0) is 110 Å². The van der Waals surface area contributed by atoms with Crippen molar-refractivity contribution in [3.05, 3.63) is 96.3 Å². The molecule has 0 radical (unpaired) electrons. The van der Waals surface area contributed by atoms with Gasteiger partial charge < -0.3 is 4.74 Å². The Bertz CT molecular complexity index is 1420. The molecule has 1 unspecified atom stereocenters. The maximum absolute atomic E-state index is 15.4. The Morgan fingerprint density at radius 2 is 1.41 bits per heavy atom. The van der Waals surface area contributed by atoms with E-state index in [9.17, 15) is 4.39 Å². The third-order valence-electron chi connectivity index (χ3n) is 9.91. The fourth-order valence-corrected chi connectivity index (χ4v) is 7.11. The van der Waals surface area contributed by atoms with Crippen LogP contribution in [-0.4, -0.2) is 6.61 Å². The van der Waals surface area contributed by atoms with Crippen LogP contribution in [0.1, 0.15) is 96.0 Å². The smallest absolute Gasteiger partial charge is 0.201 e. The average molecular weight is 601 g/mol. The molecule has 4 heteroatoms. The Morgan fingerprint density at radius 1 is 0.727 bits per heavy atom. The summed E-state index contributed by atoms with van der Waals surface area (Å²) >= 11 is 0. The van der Waals surface area contributed by atoms with Gasteiger partial charge in [0.1, 0.15) is 5.82 Å². The Labute approximate surface area is 262 Å². The number of ether oxygens (including phenoxy) is 1. The number of benzene rings is 3. The molecule has 0 bridgehead atoms. The van der Waals surface area contributed by atoms with Crippen molar-refractivity contribution in [1.29, 1.82) is 0 Å². The molecule has 1 atom stereocenters. The van der Waals surface area contributed by atoms with Crippen LogP contribution in [0.2, 0.25) is 0 Å². The second-order valence-corrected chi connectivity index (χ2v) is 12.8. The van der Waals surface area contributed by atoms with Gasteiger partial charge in [0.2, 0.25) is 5.82 Å². The first-order valence-corrected chi connectivity index (χ1v) is 16.8. The number of hydrogen-bond acceptors (Lipinski definition) is 1. The number of unbranched alkanes of at least 4 members (excludes halogenated alkanes) is 5. The van der Waals surface area contributed by atoms with Gasteiger partial charge >= 0.3 is 0 Å². The summed E-state index contributed by atoms with van der Waals surface area (Å²) < 4.78 is 50.7. The summed E-state index contributed by atoms with van der Waals surface area (Å²) in [7, 11) is 0. The molecule has 0 saturated heterocycles. The van der Waals surface area contributed by atoms with Gasteiger partial charge in [0.25, 0.3) is 0 Å². The molecule has 0 spiro atoms. The van der Waals surface area contributed by atoms with Crippen LogP contribution >= 0.6 is 0 Å². The van der Waals surface area contributed by atoms with Crippen molar-refractivity contribution in [3.8, 4) is 28.0 Å². The van der Waals surface area contributed by atoms with Crippen LogP contribution in [0.25, 0.3) is 27.8 Å². The van der Waals surface area contributed by atoms with Gasteiger partial charge in [-0.15, -0.1) is 6.58 Å².